The molecule has 0 amide bonds. The standard InChI is InChI=1S/C33H50O6/c1-20(2)31(38-24(6)35)16-11-21(3)29-14-15-30-26(10-9-17-33(29,30)8)12-13-27-18-28(37-23(5)34)19-32(22(27)4)39-25(7)36/h12-13,20-21,28-32H,4,9-11,14-19H2,1-3,5-8H3/b26-12?,27-13-/t21-,28+,29-,30?,31+,32-,33-/m1/s1. The summed E-state index contributed by atoms with van der Waals surface area (Å²) in [6.45, 7) is 17.7. The zero-order chi connectivity index (χ0) is 28.9. The fourth-order valence-corrected chi connectivity index (χ4v) is 7.66. The average molecular weight is 543 g/mol. The van der Waals surface area contributed by atoms with E-state index in [1.165, 1.54) is 52.0 Å². The van der Waals surface area contributed by atoms with E-state index in [4.69, 9.17) is 14.2 Å². The minimum absolute atomic E-state index is 0.0152. The highest BCUT2D eigenvalue weighted by atomic mass is 16.6. The second kappa shape index (κ2) is 13.3. The first-order valence-electron chi connectivity index (χ1n) is 14.9. The minimum atomic E-state index is -0.472. The van der Waals surface area contributed by atoms with Crippen molar-refractivity contribution in [2.45, 2.75) is 125 Å². The Morgan fingerprint density at radius 1 is 1.00 bits per heavy atom. The average Bonchev–Trinajstić information content (AvgIpc) is 3.19. The number of carbonyl (C=O) groups is 3. The number of rotatable bonds is 9. The van der Waals surface area contributed by atoms with Crippen LogP contribution in [0.25, 0.3) is 0 Å². The van der Waals surface area contributed by atoms with Crippen molar-refractivity contribution in [2.24, 2.45) is 29.1 Å². The molecule has 7 atom stereocenters. The summed E-state index contributed by atoms with van der Waals surface area (Å²) in [6, 6.07) is 0. The molecular weight excluding hydrogens is 492 g/mol. The molecule has 6 heteroatoms. The molecule has 0 aromatic heterocycles. The third kappa shape index (κ3) is 7.85. The third-order valence-corrected chi connectivity index (χ3v) is 9.56. The minimum Gasteiger partial charge on any atom is -0.462 e. The molecule has 0 heterocycles. The van der Waals surface area contributed by atoms with Gasteiger partial charge in [0.2, 0.25) is 0 Å². The molecule has 0 saturated heterocycles. The van der Waals surface area contributed by atoms with Crippen LogP contribution >= 0.6 is 0 Å². The van der Waals surface area contributed by atoms with Gasteiger partial charge < -0.3 is 14.2 Å². The normalized spacial score (nSPS) is 32.6. The SMILES string of the molecule is C=C1/C(=C\C=C2CCC[C@@]3(C)C2CC[C@@H]3[C@H](C)CC[C@H](OC(C)=O)C(C)C)C[C@H](OC(C)=O)C[C@H]1OC(C)=O. The van der Waals surface area contributed by atoms with Gasteiger partial charge >= 0.3 is 17.9 Å². The Morgan fingerprint density at radius 2 is 1.69 bits per heavy atom. The molecule has 3 aliphatic rings. The molecule has 0 bridgehead atoms. The fraction of sp³-hybridized carbons (Fsp3) is 0.727. The van der Waals surface area contributed by atoms with Gasteiger partial charge in [0.1, 0.15) is 18.3 Å². The van der Waals surface area contributed by atoms with Crippen molar-refractivity contribution in [1.82, 2.24) is 0 Å². The molecule has 218 valence electrons. The van der Waals surface area contributed by atoms with Crippen LogP contribution in [0.15, 0.2) is 35.5 Å². The number of fused-ring (bicyclic) bond motifs is 1. The smallest absolute Gasteiger partial charge is 0.303 e. The van der Waals surface area contributed by atoms with Crippen LogP contribution in [0.1, 0.15) is 106 Å². The molecule has 1 unspecified atom stereocenters. The van der Waals surface area contributed by atoms with Crippen LogP contribution in [-0.4, -0.2) is 36.2 Å². The molecule has 3 fully saturated rings. The Kier molecular flexibility index (Phi) is 10.6. The summed E-state index contributed by atoms with van der Waals surface area (Å²) in [4.78, 5) is 34.9. The second-order valence-corrected chi connectivity index (χ2v) is 12.8. The van der Waals surface area contributed by atoms with Crippen molar-refractivity contribution in [3.8, 4) is 0 Å². The first-order chi connectivity index (χ1) is 18.3. The molecule has 39 heavy (non-hydrogen) atoms. The molecule has 3 saturated carbocycles. The third-order valence-electron chi connectivity index (χ3n) is 9.56. The van der Waals surface area contributed by atoms with Crippen molar-refractivity contribution >= 4 is 17.9 Å². The van der Waals surface area contributed by atoms with E-state index in [2.05, 4.69) is 46.4 Å². The summed E-state index contributed by atoms with van der Waals surface area (Å²) in [5.74, 6) is 1.22. The second-order valence-electron chi connectivity index (χ2n) is 12.8. The monoisotopic (exact) mass is 542 g/mol. The number of ether oxygens (including phenoxy) is 3. The first-order valence-corrected chi connectivity index (χ1v) is 14.9. The lowest BCUT2D eigenvalue weighted by Crippen LogP contribution is -2.36. The maximum atomic E-state index is 11.7. The summed E-state index contributed by atoms with van der Waals surface area (Å²) >= 11 is 0. The van der Waals surface area contributed by atoms with E-state index in [1.807, 2.05) is 0 Å². The highest BCUT2D eigenvalue weighted by molar-refractivity contribution is 5.67. The van der Waals surface area contributed by atoms with Gasteiger partial charge in [-0.15, -0.1) is 0 Å². The van der Waals surface area contributed by atoms with E-state index in [1.54, 1.807) is 0 Å². The number of hydrogen-bond donors (Lipinski definition) is 0. The van der Waals surface area contributed by atoms with Gasteiger partial charge in [-0.2, -0.15) is 0 Å². The Hall–Kier alpha value is -2.37. The number of carbonyl (C=O) groups excluding carboxylic acids is 3. The Balaban J connectivity index is 1.75. The molecule has 0 N–H and O–H groups in total. The fourth-order valence-electron chi connectivity index (χ4n) is 7.66. The highest BCUT2D eigenvalue weighted by Crippen LogP contribution is 2.60. The first kappa shape index (κ1) is 31.2. The molecule has 0 aromatic carbocycles. The zero-order valence-electron chi connectivity index (χ0n) is 25.2. The van der Waals surface area contributed by atoms with Gasteiger partial charge in [-0.1, -0.05) is 52.0 Å². The van der Waals surface area contributed by atoms with Crippen LogP contribution in [0, 0.1) is 29.1 Å². The Morgan fingerprint density at radius 3 is 2.31 bits per heavy atom. The Bertz CT molecular complexity index is 990. The van der Waals surface area contributed by atoms with Crippen LogP contribution in [0.5, 0.6) is 0 Å². The van der Waals surface area contributed by atoms with Gasteiger partial charge in [-0.25, -0.2) is 0 Å². The van der Waals surface area contributed by atoms with E-state index in [0.717, 1.165) is 30.4 Å². The van der Waals surface area contributed by atoms with Gasteiger partial charge in [0.25, 0.3) is 0 Å². The number of hydrogen-bond acceptors (Lipinski definition) is 6. The molecule has 0 radical (unpaired) electrons. The van der Waals surface area contributed by atoms with E-state index in [0.29, 0.717) is 36.5 Å². The molecule has 3 aliphatic carbocycles. The summed E-state index contributed by atoms with van der Waals surface area (Å²) in [6.07, 6.45) is 12.6. The van der Waals surface area contributed by atoms with Crippen LogP contribution in [0.3, 0.4) is 0 Å². The van der Waals surface area contributed by atoms with Crippen LogP contribution in [0.2, 0.25) is 0 Å². The summed E-state index contributed by atoms with van der Waals surface area (Å²) in [5, 5.41) is 0. The maximum absolute atomic E-state index is 11.7. The zero-order valence-corrected chi connectivity index (χ0v) is 25.2. The molecular formula is C33H50O6. The largest absolute Gasteiger partial charge is 0.462 e. The summed E-state index contributed by atoms with van der Waals surface area (Å²) in [5.41, 5.74) is 3.55. The van der Waals surface area contributed by atoms with E-state index < -0.39 is 6.10 Å². The molecule has 6 nitrogen and oxygen atoms in total. The van der Waals surface area contributed by atoms with Gasteiger partial charge in [-0.05, 0) is 85.2 Å². The lowest BCUT2D eigenvalue weighted by molar-refractivity contribution is -0.152. The highest BCUT2D eigenvalue weighted by Gasteiger charge is 2.50. The van der Waals surface area contributed by atoms with Crippen LogP contribution in [0.4, 0.5) is 0 Å². The van der Waals surface area contributed by atoms with Crippen molar-refractivity contribution < 1.29 is 28.6 Å². The predicted octanol–water partition coefficient (Wildman–Crippen LogP) is 7.27. The van der Waals surface area contributed by atoms with Gasteiger partial charge in [0.05, 0.1) is 0 Å². The van der Waals surface area contributed by atoms with Crippen molar-refractivity contribution in [3.63, 3.8) is 0 Å². The number of esters is 3. The topological polar surface area (TPSA) is 78.9 Å². The summed E-state index contributed by atoms with van der Waals surface area (Å²) < 4.78 is 16.6. The molecule has 3 rings (SSSR count). The van der Waals surface area contributed by atoms with Gasteiger partial charge in [0.15, 0.2) is 0 Å². The maximum Gasteiger partial charge on any atom is 0.303 e. The molecule has 0 aliphatic heterocycles. The van der Waals surface area contributed by atoms with Crippen molar-refractivity contribution in [1.29, 1.82) is 0 Å². The number of allylic oxidation sites excluding steroid dienone is 3. The van der Waals surface area contributed by atoms with E-state index in [9.17, 15) is 14.4 Å². The van der Waals surface area contributed by atoms with E-state index >= 15 is 0 Å². The lowest BCUT2D eigenvalue weighted by atomic mass is 9.60. The quantitative estimate of drug-likeness (QED) is 0.225. The van der Waals surface area contributed by atoms with Crippen LogP contribution < -0.4 is 0 Å². The molecule has 0 aromatic rings. The van der Waals surface area contributed by atoms with Gasteiger partial charge in [-0.3, -0.25) is 14.4 Å². The van der Waals surface area contributed by atoms with Crippen LogP contribution in [-0.2, 0) is 28.6 Å². The summed E-state index contributed by atoms with van der Waals surface area (Å²) in [7, 11) is 0. The predicted molar refractivity (Wildman–Crippen MR) is 153 cm³/mol. The molecule has 0 spiro atoms. The van der Waals surface area contributed by atoms with Crippen molar-refractivity contribution in [3.05, 3.63) is 35.5 Å². The Labute approximate surface area is 235 Å². The lowest BCUT2D eigenvalue weighted by Gasteiger charge is -2.44. The van der Waals surface area contributed by atoms with Gasteiger partial charge in [0, 0.05) is 33.6 Å². The van der Waals surface area contributed by atoms with Crippen molar-refractivity contribution in [2.75, 3.05) is 0 Å². The van der Waals surface area contributed by atoms with E-state index in [-0.39, 0.29) is 35.5 Å².